The Morgan fingerprint density at radius 3 is 2.21 bits per heavy atom. The normalized spacial score (nSPS) is 12.1. The van der Waals surface area contributed by atoms with Crippen molar-refractivity contribution in [1.29, 1.82) is 0 Å². The van der Waals surface area contributed by atoms with Crippen LogP contribution in [-0.4, -0.2) is 14.8 Å². The Hall–Kier alpha value is -2.92. The number of aromatic nitrogens is 3. The highest BCUT2D eigenvalue weighted by atomic mass is 32.2. The second-order valence-corrected chi connectivity index (χ2v) is 7.84. The molecule has 0 bridgehead atoms. The molecule has 5 heteroatoms. The van der Waals surface area contributed by atoms with Crippen LogP contribution in [0.1, 0.15) is 23.3 Å². The maximum atomic E-state index is 14.4. The number of hydrogen-bond donors (Lipinski definition) is 0. The van der Waals surface area contributed by atoms with Crippen molar-refractivity contribution >= 4 is 11.8 Å². The average molecular weight is 389 g/mol. The van der Waals surface area contributed by atoms with Gasteiger partial charge in [0.05, 0.1) is 12.1 Å². The molecule has 3 aromatic carbocycles. The molecule has 3 nitrogen and oxygen atoms in total. The van der Waals surface area contributed by atoms with Gasteiger partial charge in [0.25, 0.3) is 0 Å². The first kappa shape index (κ1) is 18.4. The van der Waals surface area contributed by atoms with E-state index < -0.39 is 0 Å². The van der Waals surface area contributed by atoms with E-state index in [1.807, 2.05) is 47.0 Å². The van der Waals surface area contributed by atoms with Crippen LogP contribution < -0.4 is 0 Å². The Morgan fingerprint density at radius 2 is 1.50 bits per heavy atom. The molecule has 0 aliphatic rings. The fraction of sp³-hybridized carbons (Fsp3) is 0.130. The van der Waals surface area contributed by atoms with Gasteiger partial charge in [-0.2, -0.15) is 0 Å². The van der Waals surface area contributed by atoms with Crippen molar-refractivity contribution in [3.63, 3.8) is 0 Å². The van der Waals surface area contributed by atoms with Gasteiger partial charge < -0.3 is 0 Å². The Bertz CT molecular complexity index is 1050. The Kier molecular flexibility index (Phi) is 5.53. The Balaban J connectivity index is 1.73. The number of rotatable bonds is 6. The van der Waals surface area contributed by atoms with E-state index in [1.54, 1.807) is 23.9 Å². The molecule has 0 amide bonds. The Labute approximate surface area is 168 Å². The smallest absolute Gasteiger partial charge is 0.192 e. The SMILES string of the molecule is C[C@@H](Sc1nnc(-c2ccccc2F)n1Cc1ccccc1)c1ccccc1. The zero-order valence-corrected chi connectivity index (χ0v) is 16.3. The van der Waals surface area contributed by atoms with Crippen molar-refractivity contribution in [2.24, 2.45) is 0 Å². The first-order valence-corrected chi connectivity index (χ1v) is 10.0. The highest BCUT2D eigenvalue weighted by Crippen LogP contribution is 2.36. The van der Waals surface area contributed by atoms with Gasteiger partial charge in [0, 0.05) is 5.25 Å². The lowest BCUT2D eigenvalue weighted by molar-refractivity contribution is 0.626. The summed E-state index contributed by atoms with van der Waals surface area (Å²) in [5, 5.41) is 9.73. The fourth-order valence-corrected chi connectivity index (χ4v) is 4.05. The molecule has 0 saturated heterocycles. The van der Waals surface area contributed by atoms with E-state index in [-0.39, 0.29) is 11.1 Å². The van der Waals surface area contributed by atoms with E-state index in [9.17, 15) is 4.39 Å². The van der Waals surface area contributed by atoms with Crippen LogP contribution in [0.2, 0.25) is 0 Å². The van der Waals surface area contributed by atoms with E-state index in [4.69, 9.17) is 0 Å². The lowest BCUT2D eigenvalue weighted by Crippen LogP contribution is -2.05. The molecule has 1 heterocycles. The molecular formula is C23H20FN3S. The summed E-state index contributed by atoms with van der Waals surface area (Å²) in [4.78, 5) is 0. The lowest BCUT2D eigenvalue weighted by atomic mass is 10.2. The third-order valence-electron chi connectivity index (χ3n) is 4.57. The van der Waals surface area contributed by atoms with Crippen molar-refractivity contribution in [3.05, 3.63) is 102 Å². The molecule has 4 rings (SSSR count). The quantitative estimate of drug-likeness (QED) is 0.380. The highest BCUT2D eigenvalue weighted by molar-refractivity contribution is 7.99. The molecule has 0 spiro atoms. The minimum atomic E-state index is -0.295. The van der Waals surface area contributed by atoms with Crippen molar-refractivity contribution in [1.82, 2.24) is 14.8 Å². The summed E-state index contributed by atoms with van der Waals surface area (Å²) in [6.45, 7) is 2.73. The Morgan fingerprint density at radius 1 is 0.857 bits per heavy atom. The van der Waals surface area contributed by atoms with Crippen LogP contribution in [0.25, 0.3) is 11.4 Å². The van der Waals surface area contributed by atoms with Crippen LogP contribution in [0, 0.1) is 5.82 Å². The molecular weight excluding hydrogens is 369 g/mol. The van der Waals surface area contributed by atoms with E-state index in [1.165, 1.54) is 11.6 Å². The van der Waals surface area contributed by atoms with Crippen molar-refractivity contribution in [2.75, 3.05) is 0 Å². The molecule has 1 aromatic heterocycles. The maximum Gasteiger partial charge on any atom is 0.192 e. The predicted molar refractivity (Wildman–Crippen MR) is 112 cm³/mol. The minimum absolute atomic E-state index is 0.202. The maximum absolute atomic E-state index is 14.4. The minimum Gasteiger partial charge on any atom is -0.297 e. The van der Waals surface area contributed by atoms with Gasteiger partial charge in [-0.3, -0.25) is 4.57 Å². The number of benzene rings is 3. The average Bonchev–Trinajstić information content (AvgIpc) is 3.11. The molecule has 4 aromatic rings. The monoisotopic (exact) mass is 389 g/mol. The van der Waals surface area contributed by atoms with Crippen LogP contribution in [0.4, 0.5) is 4.39 Å². The van der Waals surface area contributed by atoms with Crippen LogP contribution in [0.3, 0.4) is 0 Å². The van der Waals surface area contributed by atoms with Crippen LogP contribution >= 0.6 is 11.8 Å². The number of hydrogen-bond acceptors (Lipinski definition) is 3. The second-order valence-electron chi connectivity index (χ2n) is 6.53. The van der Waals surface area contributed by atoms with Crippen LogP contribution in [0.15, 0.2) is 90.1 Å². The lowest BCUT2D eigenvalue weighted by Gasteiger charge is -2.14. The standard InChI is InChI=1S/C23H20FN3S/c1-17(19-12-6-3-7-13-19)28-23-26-25-22(20-14-8-9-15-21(20)24)27(23)16-18-10-4-2-5-11-18/h2-15,17H,16H2,1H3/t17-/m1/s1. The largest absolute Gasteiger partial charge is 0.297 e. The topological polar surface area (TPSA) is 30.7 Å². The number of halogens is 1. The number of nitrogens with zero attached hydrogens (tertiary/aromatic N) is 3. The van der Waals surface area contributed by atoms with Crippen molar-refractivity contribution in [3.8, 4) is 11.4 Å². The van der Waals surface area contributed by atoms with E-state index in [0.717, 1.165) is 10.7 Å². The summed E-state index contributed by atoms with van der Waals surface area (Å²) in [5.41, 5.74) is 2.80. The molecule has 0 aliphatic heterocycles. The summed E-state index contributed by atoms with van der Waals surface area (Å²) >= 11 is 1.63. The fourth-order valence-electron chi connectivity index (χ4n) is 3.08. The summed E-state index contributed by atoms with van der Waals surface area (Å²) in [7, 11) is 0. The van der Waals surface area contributed by atoms with Gasteiger partial charge in [0.1, 0.15) is 5.82 Å². The third kappa shape index (κ3) is 3.99. The van der Waals surface area contributed by atoms with Gasteiger partial charge in [-0.1, -0.05) is 84.6 Å². The third-order valence-corrected chi connectivity index (χ3v) is 5.70. The molecule has 0 N–H and O–H groups in total. The van der Waals surface area contributed by atoms with Gasteiger partial charge in [-0.15, -0.1) is 10.2 Å². The van der Waals surface area contributed by atoms with E-state index >= 15 is 0 Å². The van der Waals surface area contributed by atoms with Crippen LogP contribution in [-0.2, 0) is 6.54 Å². The molecule has 0 fully saturated rings. The van der Waals surface area contributed by atoms with Gasteiger partial charge in [-0.05, 0) is 30.2 Å². The predicted octanol–water partition coefficient (Wildman–Crippen LogP) is 5.99. The van der Waals surface area contributed by atoms with E-state index in [0.29, 0.717) is 17.9 Å². The molecule has 0 radical (unpaired) electrons. The highest BCUT2D eigenvalue weighted by Gasteiger charge is 2.19. The molecule has 140 valence electrons. The second kappa shape index (κ2) is 8.40. The molecule has 0 saturated carbocycles. The summed E-state index contributed by atoms with van der Waals surface area (Å²) in [5.74, 6) is 0.251. The summed E-state index contributed by atoms with van der Waals surface area (Å²) in [6, 6.07) is 27.1. The van der Waals surface area contributed by atoms with E-state index in [2.05, 4.69) is 41.4 Å². The molecule has 0 unspecified atom stereocenters. The molecule has 0 aliphatic carbocycles. The zero-order chi connectivity index (χ0) is 19.3. The van der Waals surface area contributed by atoms with Gasteiger partial charge >= 0.3 is 0 Å². The number of thioether (sulfide) groups is 1. The first-order chi connectivity index (χ1) is 13.7. The van der Waals surface area contributed by atoms with Gasteiger partial charge in [-0.25, -0.2) is 4.39 Å². The van der Waals surface area contributed by atoms with Crippen LogP contribution in [0.5, 0.6) is 0 Å². The summed E-state index contributed by atoms with van der Waals surface area (Å²) in [6.07, 6.45) is 0. The van der Waals surface area contributed by atoms with Crippen molar-refractivity contribution in [2.45, 2.75) is 23.9 Å². The zero-order valence-electron chi connectivity index (χ0n) is 15.5. The first-order valence-electron chi connectivity index (χ1n) is 9.16. The van der Waals surface area contributed by atoms with Gasteiger partial charge in [0.15, 0.2) is 11.0 Å². The summed E-state index contributed by atoms with van der Waals surface area (Å²) < 4.78 is 16.4. The van der Waals surface area contributed by atoms with Gasteiger partial charge in [0.2, 0.25) is 0 Å². The van der Waals surface area contributed by atoms with Crippen molar-refractivity contribution < 1.29 is 4.39 Å². The molecule has 1 atom stereocenters. The molecule has 28 heavy (non-hydrogen) atoms.